The van der Waals surface area contributed by atoms with Crippen molar-refractivity contribution >= 4 is 11.5 Å². The normalized spacial score (nSPS) is 10.9. The van der Waals surface area contributed by atoms with Crippen LogP contribution in [0.5, 0.6) is 0 Å². The summed E-state index contributed by atoms with van der Waals surface area (Å²) in [4.78, 5) is 15.9. The Hall–Kier alpha value is -2.20. The molecule has 0 spiro atoms. The van der Waals surface area contributed by atoms with E-state index in [1.165, 1.54) is 6.07 Å². The fourth-order valence-electron chi connectivity index (χ4n) is 1.71. The van der Waals surface area contributed by atoms with E-state index < -0.39 is 4.92 Å². The summed E-state index contributed by atoms with van der Waals surface area (Å²) >= 11 is 0. The molecule has 0 radical (unpaired) electrons. The Bertz CT molecular complexity index is 521. The van der Waals surface area contributed by atoms with Gasteiger partial charge in [-0.1, -0.05) is 13.8 Å². The Morgan fingerprint density at radius 2 is 2.26 bits per heavy atom. The molecule has 0 bridgehead atoms. The Labute approximate surface area is 111 Å². The van der Waals surface area contributed by atoms with Crippen LogP contribution in [0.3, 0.4) is 0 Å². The number of rotatable bonds is 5. The lowest BCUT2D eigenvalue weighted by Gasteiger charge is -2.30. The first-order chi connectivity index (χ1) is 8.80. The average molecular weight is 263 g/mol. The van der Waals surface area contributed by atoms with Crippen LogP contribution in [0.4, 0.5) is 11.5 Å². The molecule has 2 N–H and O–H groups in total. The minimum absolute atomic E-state index is 0.134. The second-order valence-corrected chi connectivity index (χ2v) is 5.16. The molecule has 102 valence electrons. The number of aromatic nitrogens is 1. The van der Waals surface area contributed by atoms with Crippen molar-refractivity contribution in [3.8, 4) is 6.07 Å². The fraction of sp³-hybridized carbons (Fsp3) is 0.500. The molecule has 0 aliphatic rings. The number of nitriles is 1. The van der Waals surface area contributed by atoms with E-state index in [2.05, 4.69) is 4.98 Å². The summed E-state index contributed by atoms with van der Waals surface area (Å²) in [6.45, 7) is 5.09. The molecule has 7 nitrogen and oxygen atoms in total. The topological polar surface area (TPSA) is 109 Å². The third-order valence-corrected chi connectivity index (χ3v) is 2.76. The molecule has 1 aromatic rings. The summed E-state index contributed by atoms with van der Waals surface area (Å²) in [5.74, 6) is 0.426. The van der Waals surface area contributed by atoms with Gasteiger partial charge in [-0.2, -0.15) is 5.26 Å². The van der Waals surface area contributed by atoms with Gasteiger partial charge in [-0.05, 0) is 12.0 Å². The van der Waals surface area contributed by atoms with Crippen molar-refractivity contribution in [2.45, 2.75) is 13.8 Å². The first kappa shape index (κ1) is 14.9. The maximum Gasteiger partial charge on any atom is 0.289 e. The Balaban J connectivity index is 3.07. The van der Waals surface area contributed by atoms with Crippen LogP contribution < -0.4 is 10.6 Å². The molecule has 0 fully saturated rings. The summed E-state index contributed by atoms with van der Waals surface area (Å²) in [7, 11) is 1.78. The van der Waals surface area contributed by atoms with Crippen LogP contribution in [0.15, 0.2) is 12.3 Å². The Morgan fingerprint density at radius 3 is 2.74 bits per heavy atom. The molecular formula is C12H17N5O2. The van der Waals surface area contributed by atoms with E-state index in [-0.39, 0.29) is 16.7 Å². The average Bonchev–Trinajstić information content (AvgIpc) is 2.37. The van der Waals surface area contributed by atoms with Gasteiger partial charge in [0.15, 0.2) is 0 Å². The minimum atomic E-state index is -0.568. The number of nitro groups is 1. The summed E-state index contributed by atoms with van der Waals surface area (Å²) in [5, 5.41) is 19.7. The highest BCUT2D eigenvalue weighted by Crippen LogP contribution is 2.24. The maximum atomic E-state index is 10.7. The quantitative estimate of drug-likeness (QED) is 0.633. The zero-order valence-electron chi connectivity index (χ0n) is 11.3. The summed E-state index contributed by atoms with van der Waals surface area (Å²) in [6, 6.07) is 3.17. The van der Waals surface area contributed by atoms with Crippen LogP contribution in [0.1, 0.15) is 19.4 Å². The molecule has 19 heavy (non-hydrogen) atoms. The second kappa shape index (κ2) is 5.63. The molecule has 0 atom stereocenters. The Morgan fingerprint density at radius 1 is 1.63 bits per heavy atom. The van der Waals surface area contributed by atoms with Crippen LogP contribution in [0.25, 0.3) is 0 Å². The van der Waals surface area contributed by atoms with Gasteiger partial charge in [0.05, 0.1) is 4.92 Å². The fourth-order valence-corrected chi connectivity index (χ4v) is 1.71. The first-order valence-electron chi connectivity index (χ1n) is 5.76. The lowest BCUT2D eigenvalue weighted by atomic mass is 9.93. The molecule has 1 aromatic heterocycles. The first-order valence-corrected chi connectivity index (χ1v) is 5.76. The van der Waals surface area contributed by atoms with Gasteiger partial charge in [0.1, 0.15) is 23.6 Å². The SMILES string of the molecule is CN(CC(C)(C)CN)c1ncc([N+](=O)[O-])cc1C#N. The number of nitrogens with two attached hydrogens (primary N) is 1. The number of pyridine rings is 1. The predicted octanol–water partition coefficient (Wildman–Crippen LogP) is 1.28. The molecule has 0 aliphatic carbocycles. The van der Waals surface area contributed by atoms with E-state index in [9.17, 15) is 10.1 Å². The molecule has 0 aliphatic heterocycles. The zero-order valence-corrected chi connectivity index (χ0v) is 11.3. The van der Waals surface area contributed by atoms with Gasteiger partial charge in [-0.25, -0.2) is 4.98 Å². The van der Waals surface area contributed by atoms with Gasteiger partial charge < -0.3 is 10.6 Å². The van der Waals surface area contributed by atoms with Crippen molar-refractivity contribution in [1.82, 2.24) is 4.98 Å². The van der Waals surface area contributed by atoms with Crippen molar-refractivity contribution in [3.05, 3.63) is 27.9 Å². The van der Waals surface area contributed by atoms with Gasteiger partial charge in [0.2, 0.25) is 0 Å². The maximum absolute atomic E-state index is 10.7. The van der Waals surface area contributed by atoms with Gasteiger partial charge in [-0.15, -0.1) is 0 Å². The summed E-state index contributed by atoms with van der Waals surface area (Å²) < 4.78 is 0. The number of anilines is 1. The highest BCUT2D eigenvalue weighted by molar-refractivity contribution is 5.56. The van der Waals surface area contributed by atoms with Crippen molar-refractivity contribution in [2.24, 2.45) is 11.1 Å². The van der Waals surface area contributed by atoms with Gasteiger partial charge in [0, 0.05) is 19.7 Å². The van der Waals surface area contributed by atoms with Crippen LogP contribution in [-0.2, 0) is 0 Å². The molecule has 1 heterocycles. The lowest BCUT2D eigenvalue weighted by Crippen LogP contribution is -2.37. The largest absolute Gasteiger partial charge is 0.358 e. The third-order valence-electron chi connectivity index (χ3n) is 2.76. The van der Waals surface area contributed by atoms with Crippen LogP contribution in [-0.4, -0.2) is 30.0 Å². The predicted molar refractivity (Wildman–Crippen MR) is 71.7 cm³/mol. The van der Waals surface area contributed by atoms with E-state index >= 15 is 0 Å². The lowest BCUT2D eigenvalue weighted by molar-refractivity contribution is -0.385. The third kappa shape index (κ3) is 3.63. The van der Waals surface area contributed by atoms with Crippen LogP contribution >= 0.6 is 0 Å². The van der Waals surface area contributed by atoms with Crippen molar-refractivity contribution in [1.29, 1.82) is 5.26 Å². The molecule has 0 amide bonds. The van der Waals surface area contributed by atoms with Gasteiger partial charge >= 0.3 is 0 Å². The van der Waals surface area contributed by atoms with Crippen molar-refractivity contribution in [3.63, 3.8) is 0 Å². The van der Waals surface area contributed by atoms with E-state index in [0.717, 1.165) is 6.20 Å². The minimum Gasteiger partial charge on any atom is -0.358 e. The van der Waals surface area contributed by atoms with Gasteiger partial charge in [-0.3, -0.25) is 10.1 Å². The van der Waals surface area contributed by atoms with Crippen molar-refractivity contribution in [2.75, 3.05) is 25.0 Å². The number of hydrogen-bond acceptors (Lipinski definition) is 6. The molecule has 7 heteroatoms. The standard InChI is InChI=1S/C12H17N5O2/c1-12(2,7-14)8-16(3)11-9(5-13)4-10(6-15-11)17(18)19/h4,6H,7-8,14H2,1-3H3. The number of hydrogen-bond donors (Lipinski definition) is 1. The van der Waals surface area contributed by atoms with Gasteiger partial charge in [0.25, 0.3) is 5.69 Å². The summed E-state index contributed by atoms with van der Waals surface area (Å²) in [6.07, 6.45) is 1.15. The molecule has 0 saturated carbocycles. The highest BCUT2D eigenvalue weighted by Gasteiger charge is 2.21. The van der Waals surface area contributed by atoms with E-state index in [1.807, 2.05) is 19.9 Å². The zero-order chi connectivity index (χ0) is 14.6. The smallest absolute Gasteiger partial charge is 0.289 e. The number of nitrogens with zero attached hydrogens (tertiary/aromatic N) is 4. The monoisotopic (exact) mass is 263 g/mol. The van der Waals surface area contributed by atoms with Crippen LogP contribution in [0.2, 0.25) is 0 Å². The molecule has 0 unspecified atom stereocenters. The van der Waals surface area contributed by atoms with E-state index in [1.54, 1.807) is 11.9 Å². The Kier molecular flexibility index (Phi) is 4.40. The van der Waals surface area contributed by atoms with E-state index in [4.69, 9.17) is 11.0 Å². The second-order valence-electron chi connectivity index (χ2n) is 5.16. The molecule has 0 saturated heterocycles. The molecule has 1 rings (SSSR count). The highest BCUT2D eigenvalue weighted by atomic mass is 16.6. The molecule has 0 aromatic carbocycles. The van der Waals surface area contributed by atoms with E-state index in [0.29, 0.717) is 18.9 Å². The summed E-state index contributed by atoms with van der Waals surface area (Å²) in [5.41, 5.74) is 5.53. The molecular weight excluding hydrogens is 246 g/mol. The van der Waals surface area contributed by atoms with Crippen LogP contribution in [0, 0.1) is 26.9 Å². The van der Waals surface area contributed by atoms with Crippen molar-refractivity contribution < 1.29 is 4.92 Å².